The van der Waals surface area contributed by atoms with Crippen LogP contribution in [0.5, 0.6) is 5.75 Å². The zero-order valence-electron chi connectivity index (χ0n) is 19.1. The van der Waals surface area contributed by atoms with Gasteiger partial charge in [-0.15, -0.1) is 11.3 Å². The van der Waals surface area contributed by atoms with Crippen LogP contribution in [0.25, 0.3) is 5.69 Å². The summed E-state index contributed by atoms with van der Waals surface area (Å²) in [5.74, 6) is 0.418. The Morgan fingerprint density at radius 1 is 1.32 bits per heavy atom. The summed E-state index contributed by atoms with van der Waals surface area (Å²) in [4.78, 5) is 38.8. The number of anilines is 1. The second kappa shape index (κ2) is 10.5. The van der Waals surface area contributed by atoms with Crippen molar-refractivity contribution in [3.05, 3.63) is 50.7 Å². The molecule has 2 aromatic heterocycles. The molecule has 0 saturated carbocycles. The van der Waals surface area contributed by atoms with Crippen LogP contribution in [0.4, 0.5) is 5.00 Å². The smallest absolute Gasteiger partial charge is 0.442 e. The van der Waals surface area contributed by atoms with E-state index in [4.69, 9.17) is 14.0 Å². The van der Waals surface area contributed by atoms with E-state index in [1.54, 1.807) is 38.3 Å². The fourth-order valence-corrected chi connectivity index (χ4v) is 6.03. The molecule has 1 aliphatic carbocycles. The molecule has 1 amide bonds. The number of hydrogen-bond donors (Lipinski definition) is 2. The van der Waals surface area contributed by atoms with Crippen molar-refractivity contribution in [2.75, 3.05) is 24.8 Å². The molecule has 34 heavy (non-hydrogen) atoms. The number of thioether (sulfide) groups is 1. The van der Waals surface area contributed by atoms with Gasteiger partial charge in [0.25, 0.3) is 0 Å². The van der Waals surface area contributed by atoms with Gasteiger partial charge in [0.15, 0.2) is 0 Å². The molecule has 0 spiro atoms. The molecule has 4 rings (SSSR count). The molecule has 9 nitrogen and oxygen atoms in total. The molecule has 0 radical (unpaired) electrons. The van der Waals surface area contributed by atoms with Crippen molar-refractivity contribution in [3.8, 4) is 11.4 Å². The minimum Gasteiger partial charge on any atom is -0.497 e. The summed E-state index contributed by atoms with van der Waals surface area (Å²) in [5.41, 5.74) is 1.51. The Morgan fingerprint density at radius 3 is 2.79 bits per heavy atom. The Labute approximate surface area is 204 Å². The van der Waals surface area contributed by atoms with Crippen LogP contribution in [-0.2, 0) is 22.4 Å². The van der Waals surface area contributed by atoms with Crippen LogP contribution in [0.3, 0.4) is 0 Å². The predicted octanol–water partition coefficient (Wildman–Crippen LogP) is 3.35. The molecule has 0 fully saturated rings. The van der Waals surface area contributed by atoms with E-state index in [9.17, 15) is 14.4 Å². The number of fused-ring (bicyclic) bond motifs is 1. The highest BCUT2D eigenvalue weighted by atomic mass is 32.2. The molecule has 1 aromatic carbocycles. The maximum atomic E-state index is 12.8. The molecular weight excluding hydrogens is 478 g/mol. The standard InChI is InChI=1S/C23H25N3O6S2/c1-4-31-22(28)19-16-10-5-13(2)11-17(16)34-20(19)24-18(27)12-33-21-23(29)32-25-26(21)14-6-8-15(30-3)9-7-14/h6-9,13H,4-5,10-12H2,1-3H3,(H-,24,25,27,28,29)/p+1. The van der Waals surface area contributed by atoms with Gasteiger partial charge in [-0.2, -0.15) is 0 Å². The highest BCUT2D eigenvalue weighted by molar-refractivity contribution is 7.99. The zero-order valence-corrected chi connectivity index (χ0v) is 20.8. The number of H-pyrrole nitrogens is 1. The van der Waals surface area contributed by atoms with E-state index >= 15 is 0 Å². The van der Waals surface area contributed by atoms with Crippen molar-refractivity contribution in [1.82, 2.24) is 5.27 Å². The maximum absolute atomic E-state index is 12.8. The first-order valence-electron chi connectivity index (χ1n) is 10.9. The minimum atomic E-state index is -0.582. The minimum absolute atomic E-state index is 0.0417. The normalized spacial score (nSPS) is 15.0. The Balaban J connectivity index is 1.51. The molecule has 1 aliphatic rings. The third kappa shape index (κ3) is 5.05. The van der Waals surface area contributed by atoms with Gasteiger partial charge >= 0.3 is 16.6 Å². The van der Waals surface area contributed by atoms with Crippen LogP contribution in [0.1, 0.15) is 41.1 Å². The Kier molecular flexibility index (Phi) is 7.42. The Morgan fingerprint density at radius 2 is 2.09 bits per heavy atom. The van der Waals surface area contributed by atoms with Crippen LogP contribution in [0.15, 0.2) is 38.6 Å². The van der Waals surface area contributed by atoms with Crippen molar-refractivity contribution in [3.63, 3.8) is 0 Å². The number of nitrogens with one attached hydrogen (secondary N) is 2. The number of nitrogens with zero attached hydrogens (tertiary/aromatic N) is 1. The number of carbonyl (C=O) groups excluding carboxylic acids is 2. The van der Waals surface area contributed by atoms with E-state index in [2.05, 4.69) is 17.5 Å². The first-order valence-corrected chi connectivity index (χ1v) is 12.7. The molecule has 0 saturated heterocycles. The summed E-state index contributed by atoms with van der Waals surface area (Å²) < 4.78 is 16.8. The Hall–Kier alpha value is -3.05. The molecule has 1 unspecified atom stereocenters. The number of hydrogen-bond acceptors (Lipinski definition) is 8. The van der Waals surface area contributed by atoms with Crippen molar-refractivity contribution in [2.45, 2.75) is 38.1 Å². The molecule has 1 atom stereocenters. The fourth-order valence-electron chi connectivity index (χ4n) is 3.84. The molecule has 2 N–H and O–H groups in total. The lowest BCUT2D eigenvalue weighted by Crippen LogP contribution is -2.36. The van der Waals surface area contributed by atoms with E-state index in [1.165, 1.54) is 16.0 Å². The molecule has 180 valence electrons. The van der Waals surface area contributed by atoms with E-state index in [0.29, 0.717) is 27.9 Å². The lowest BCUT2D eigenvalue weighted by atomic mass is 9.88. The largest absolute Gasteiger partial charge is 0.497 e. The van der Waals surface area contributed by atoms with Gasteiger partial charge in [-0.25, -0.2) is 9.59 Å². The van der Waals surface area contributed by atoms with Gasteiger partial charge in [-0.05, 0) is 71.5 Å². The van der Waals surface area contributed by atoms with Crippen molar-refractivity contribution >= 4 is 40.0 Å². The van der Waals surface area contributed by atoms with Gasteiger partial charge in [0, 0.05) is 17.0 Å². The zero-order chi connectivity index (χ0) is 24.2. The Bertz CT molecular complexity index is 1240. The molecular formula is C23H26N3O6S2+. The quantitative estimate of drug-likeness (QED) is 0.275. The maximum Gasteiger partial charge on any atom is 0.442 e. The van der Waals surface area contributed by atoms with E-state index < -0.39 is 11.6 Å². The molecule has 3 aromatic rings. The van der Waals surface area contributed by atoms with Gasteiger partial charge in [-0.3, -0.25) is 9.32 Å². The number of aromatic amines is 1. The highest BCUT2D eigenvalue weighted by Gasteiger charge is 2.30. The third-order valence-electron chi connectivity index (χ3n) is 5.52. The lowest BCUT2D eigenvalue weighted by Gasteiger charge is -2.18. The van der Waals surface area contributed by atoms with Crippen LogP contribution in [0, 0.1) is 5.92 Å². The van der Waals surface area contributed by atoms with Crippen LogP contribution >= 0.6 is 23.1 Å². The van der Waals surface area contributed by atoms with Crippen molar-refractivity contribution in [1.29, 1.82) is 0 Å². The summed E-state index contributed by atoms with van der Waals surface area (Å²) in [5, 5.41) is 6.15. The number of amides is 1. The predicted molar refractivity (Wildman–Crippen MR) is 128 cm³/mol. The number of ether oxygens (including phenoxy) is 2. The topological polar surface area (TPSA) is 115 Å². The monoisotopic (exact) mass is 504 g/mol. The van der Waals surface area contributed by atoms with Crippen LogP contribution in [-0.4, -0.2) is 36.6 Å². The summed E-state index contributed by atoms with van der Waals surface area (Å²) in [6.45, 7) is 4.20. The van der Waals surface area contributed by atoms with Gasteiger partial charge < -0.3 is 14.8 Å². The first kappa shape index (κ1) is 24.1. The molecule has 11 heteroatoms. The number of benzene rings is 1. The fraction of sp³-hybridized carbons (Fsp3) is 0.391. The summed E-state index contributed by atoms with van der Waals surface area (Å²) in [7, 11) is 1.57. The summed E-state index contributed by atoms with van der Waals surface area (Å²) >= 11 is 2.48. The lowest BCUT2D eigenvalue weighted by molar-refractivity contribution is -0.704. The third-order valence-corrected chi connectivity index (χ3v) is 7.72. The van der Waals surface area contributed by atoms with Gasteiger partial charge in [-0.1, -0.05) is 6.92 Å². The number of esters is 1. The van der Waals surface area contributed by atoms with Gasteiger partial charge in [0.1, 0.15) is 10.8 Å². The number of thiophene rings is 1. The molecule has 0 bridgehead atoms. The van der Waals surface area contributed by atoms with E-state index in [0.717, 1.165) is 41.5 Å². The highest BCUT2D eigenvalue weighted by Crippen LogP contribution is 2.40. The molecule has 2 heterocycles. The number of carbonyl (C=O) groups is 2. The average Bonchev–Trinajstić information content (AvgIpc) is 3.37. The number of rotatable bonds is 8. The van der Waals surface area contributed by atoms with Crippen molar-refractivity contribution < 1.29 is 28.3 Å². The van der Waals surface area contributed by atoms with Crippen LogP contribution in [0.2, 0.25) is 0 Å². The summed E-state index contributed by atoms with van der Waals surface area (Å²) in [6, 6.07) is 7.03. The van der Waals surface area contributed by atoms with Gasteiger partial charge in [0.2, 0.25) is 11.6 Å². The second-order valence-electron chi connectivity index (χ2n) is 7.93. The van der Waals surface area contributed by atoms with Crippen molar-refractivity contribution in [2.24, 2.45) is 5.92 Å². The van der Waals surface area contributed by atoms with E-state index in [1.807, 2.05) is 0 Å². The summed E-state index contributed by atoms with van der Waals surface area (Å²) in [6.07, 6.45) is 2.66. The van der Waals surface area contributed by atoms with Gasteiger partial charge in [0.05, 0.1) is 25.0 Å². The number of aromatic nitrogens is 2. The van der Waals surface area contributed by atoms with E-state index in [-0.39, 0.29) is 23.3 Å². The van der Waals surface area contributed by atoms with Crippen LogP contribution < -0.4 is 20.4 Å². The molecule has 0 aliphatic heterocycles. The average molecular weight is 505 g/mol. The SMILES string of the molecule is CCOC(=O)c1c(NC(=O)CSc2c(=O)o[nH][n+]2-c2ccc(OC)cc2)sc2c1CCC(C)C2. The second-order valence-corrected chi connectivity index (χ2v) is 10.0. The number of methoxy groups -OCH3 is 1. The first-order chi connectivity index (χ1) is 16.4.